The number of amides is 1. The molecule has 0 aliphatic heterocycles. The quantitative estimate of drug-likeness (QED) is 0.402. The summed E-state index contributed by atoms with van der Waals surface area (Å²) in [4.78, 5) is 20.4. The van der Waals surface area contributed by atoms with E-state index >= 15 is 0 Å². The van der Waals surface area contributed by atoms with E-state index in [1.54, 1.807) is 24.3 Å². The number of fused-ring (bicyclic) bond motifs is 1. The maximum absolute atomic E-state index is 13.4. The summed E-state index contributed by atoms with van der Waals surface area (Å²) in [5, 5.41) is 7.51. The molecule has 0 radical (unpaired) electrons. The smallest absolute Gasteiger partial charge is 0.475 e. The van der Waals surface area contributed by atoms with Gasteiger partial charge in [0, 0.05) is 5.56 Å². The van der Waals surface area contributed by atoms with Crippen LogP contribution in [0.15, 0.2) is 60.7 Å². The van der Waals surface area contributed by atoms with E-state index < -0.39 is 18.1 Å². The van der Waals surface area contributed by atoms with Crippen LogP contribution in [0.4, 0.5) is 17.6 Å². The minimum atomic E-state index is -5.08. The lowest BCUT2D eigenvalue weighted by molar-refractivity contribution is -0.192. The highest BCUT2D eigenvalue weighted by Crippen LogP contribution is 2.32. The van der Waals surface area contributed by atoms with Crippen LogP contribution in [0.1, 0.15) is 33.5 Å². The molecule has 1 atom stereocenters. The van der Waals surface area contributed by atoms with Crippen LogP contribution in [0.2, 0.25) is 5.02 Å². The fourth-order valence-electron chi connectivity index (χ4n) is 4.05. The average Bonchev–Trinajstić information content (AvgIpc) is 3.20. The van der Waals surface area contributed by atoms with Crippen molar-refractivity contribution in [2.75, 3.05) is 0 Å². The number of aryl methyl sites for hydroxylation is 1. The summed E-state index contributed by atoms with van der Waals surface area (Å²) >= 11 is 6.35. The fourth-order valence-corrected chi connectivity index (χ4v) is 4.38. The van der Waals surface area contributed by atoms with Crippen LogP contribution in [-0.4, -0.2) is 23.2 Å². The Balaban J connectivity index is 0.000000429. The van der Waals surface area contributed by atoms with Gasteiger partial charge in [0.15, 0.2) is 0 Å². The van der Waals surface area contributed by atoms with E-state index in [9.17, 15) is 22.4 Å². The SMILES string of the molecule is NC(=O)c1cccc(-c2ccc(CC[C@H]3Cc4ccc(F)cc4C3)cc2)c1Cl.O=C(O)C(F)(F)F. The zero-order valence-electron chi connectivity index (χ0n) is 18.4. The largest absolute Gasteiger partial charge is 0.490 e. The van der Waals surface area contributed by atoms with Gasteiger partial charge in [-0.1, -0.05) is 54.1 Å². The second kappa shape index (κ2) is 10.9. The van der Waals surface area contributed by atoms with Crippen LogP contribution in [0.5, 0.6) is 0 Å². The van der Waals surface area contributed by atoms with Gasteiger partial charge in [0.25, 0.3) is 0 Å². The van der Waals surface area contributed by atoms with E-state index in [-0.39, 0.29) is 5.82 Å². The molecule has 3 aromatic carbocycles. The van der Waals surface area contributed by atoms with Gasteiger partial charge < -0.3 is 10.8 Å². The summed E-state index contributed by atoms with van der Waals surface area (Å²) < 4.78 is 45.1. The number of rotatable bonds is 5. The van der Waals surface area contributed by atoms with Crippen molar-refractivity contribution in [3.63, 3.8) is 0 Å². The van der Waals surface area contributed by atoms with Crippen molar-refractivity contribution in [3.8, 4) is 11.1 Å². The van der Waals surface area contributed by atoms with E-state index in [2.05, 4.69) is 12.1 Å². The molecule has 3 aromatic rings. The Hall–Kier alpha value is -3.39. The van der Waals surface area contributed by atoms with Gasteiger partial charge in [0.2, 0.25) is 5.91 Å². The molecule has 0 saturated carbocycles. The summed E-state index contributed by atoms with van der Waals surface area (Å²) in [7, 11) is 0. The number of aliphatic carboxylic acids is 1. The van der Waals surface area contributed by atoms with Crippen molar-refractivity contribution in [1.82, 2.24) is 0 Å². The number of primary amides is 1. The van der Waals surface area contributed by atoms with Gasteiger partial charge in [-0.25, -0.2) is 9.18 Å². The molecule has 1 aliphatic rings. The van der Waals surface area contributed by atoms with Gasteiger partial charge in [-0.05, 0) is 72.1 Å². The Morgan fingerprint density at radius 1 is 1.00 bits per heavy atom. The van der Waals surface area contributed by atoms with Gasteiger partial charge in [0.1, 0.15) is 5.82 Å². The second-order valence-corrected chi connectivity index (χ2v) is 8.64. The van der Waals surface area contributed by atoms with E-state index in [0.717, 1.165) is 42.4 Å². The number of carboxylic acid groups (broad SMARTS) is 1. The first-order valence-corrected chi connectivity index (χ1v) is 11.1. The lowest BCUT2D eigenvalue weighted by atomic mass is 9.95. The first kappa shape index (κ1) is 26.2. The molecule has 4 nitrogen and oxygen atoms in total. The first-order chi connectivity index (χ1) is 16.5. The van der Waals surface area contributed by atoms with Crippen molar-refractivity contribution in [1.29, 1.82) is 0 Å². The molecule has 0 spiro atoms. The molecular formula is C26H22ClF4NO3. The van der Waals surface area contributed by atoms with E-state index in [1.165, 1.54) is 11.1 Å². The summed E-state index contributed by atoms with van der Waals surface area (Å²) in [5.74, 6) is -2.86. The lowest BCUT2D eigenvalue weighted by Gasteiger charge is -2.11. The molecule has 3 N–H and O–H groups in total. The van der Waals surface area contributed by atoms with Crippen molar-refractivity contribution >= 4 is 23.5 Å². The maximum Gasteiger partial charge on any atom is 0.490 e. The minimum absolute atomic E-state index is 0.144. The predicted molar refractivity (Wildman–Crippen MR) is 125 cm³/mol. The van der Waals surface area contributed by atoms with E-state index in [0.29, 0.717) is 16.5 Å². The number of carbonyl (C=O) groups excluding carboxylic acids is 1. The number of benzene rings is 3. The van der Waals surface area contributed by atoms with E-state index in [1.807, 2.05) is 24.3 Å². The minimum Gasteiger partial charge on any atom is -0.475 e. The number of nitrogens with two attached hydrogens (primary N) is 1. The van der Waals surface area contributed by atoms with Crippen LogP contribution in [0, 0.1) is 11.7 Å². The topological polar surface area (TPSA) is 80.4 Å². The first-order valence-electron chi connectivity index (χ1n) is 10.7. The third-order valence-corrected chi connectivity index (χ3v) is 6.21. The zero-order chi connectivity index (χ0) is 25.8. The van der Waals surface area contributed by atoms with Gasteiger partial charge in [0.05, 0.1) is 10.6 Å². The lowest BCUT2D eigenvalue weighted by Crippen LogP contribution is -2.21. The molecule has 4 rings (SSSR count). The molecule has 0 saturated heterocycles. The third kappa shape index (κ3) is 6.82. The van der Waals surface area contributed by atoms with Crippen LogP contribution in [-0.2, 0) is 24.1 Å². The van der Waals surface area contributed by atoms with Gasteiger partial charge in [-0.15, -0.1) is 0 Å². The van der Waals surface area contributed by atoms with Crippen LogP contribution in [0.25, 0.3) is 11.1 Å². The number of hydrogen-bond acceptors (Lipinski definition) is 2. The zero-order valence-corrected chi connectivity index (χ0v) is 19.2. The Morgan fingerprint density at radius 2 is 1.63 bits per heavy atom. The highest BCUT2D eigenvalue weighted by molar-refractivity contribution is 6.36. The highest BCUT2D eigenvalue weighted by atomic mass is 35.5. The standard InChI is InChI=1S/C24H21ClFNO.C2HF3O2/c25-23-21(2-1-3-22(23)24(27)28)17-8-6-15(7-9-17)4-5-16-12-18-10-11-20(26)14-19(18)13-16;3-2(4,5)1(6)7/h1-3,6-11,14,16H,4-5,12-13H2,(H2,27,28);(H,6,7)/t16-;/m0./s1. The Morgan fingerprint density at radius 3 is 2.23 bits per heavy atom. The Kier molecular flexibility index (Phi) is 8.17. The normalized spacial score (nSPS) is 14.6. The second-order valence-electron chi connectivity index (χ2n) is 8.26. The molecule has 0 heterocycles. The van der Waals surface area contributed by atoms with Crippen LogP contribution in [0.3, 0.4) is 0 Å². The predicted octanol–water partition coefficient (Wildman–Crippen LogP) is 6.23. The maximum atomic E-state index is 13.4. The summed E-state index contributed by atoms with van der Waals surface area (Å²) in [5.41, 5.74) is 11.2. The molecule has 1 aliphatic carbocycles. The number of hydrogen-bond donors (Lipinski definition) is 2. The van der Waals surface area contributed by atoms with Crippen molar-refractivity contribution in [2.45, 2.75) is 31.9 Å². The van der Waals surface area contributed by atoms with Crippen molar-refractivity contribution < 1.29 is 32.3 Å². The molecule has 35 heavy (non-hydrogen) atoms. The molecule has 9 heteroatoms. The number of carboxylic acids is 1. The summed E-state index contributed by atoms with van der Waals surface area (Å²) in [6.07, 6.45) is -1.03. The third-order valence-electron chi connectivity index (χ3n) is 5.80. The molecule has 0 aromatic heterocycles. The molecule has 0 unspecified atom stereocenters. The monoisotopic (exact) mass is 507 g/mol. The molecule has 0 bridgehead atoms. The van der Waals surface area contributed by atoms with Gasteiger partial charge in [-0.2, -0.15) is 13.2 Å². The van der Waals surface area contributed by atoms with Crippen molar-refractivity contribution in [2.24, 2.45) is 11.7 Å². The van der Waals surface area contributed by atoms with Crippen LogP contribution < -0.4 is 5.73 Å². The number of carbonyl (C=O) groups is 2. The molecule has 0 fully saturated rings. The Bertz CT molecular complexity index is 1230. The molecular weight excluding hydrogens is 486 g/mol. The van der Waals surface area contributed by atoms with Crippen LogP contribution >= 0.6 is 11.6 Å². The molecule has 1 amide bonds. The summed E-state index contributed by atoms with van der Waals surface area (Å²) in [6, 6.07) is 18.7. The number of halogens is 5. The Labute approximate surface area is 204 Å². The highest BCUT2D eigenvalue weighted by Gasteiger charge is 2.38. The summed E-state index contributed by atoms with van der Waals surface area (Å²) in [6.45, 7) is 0. The number of alkyl halides is 3. The average molecular weight is 508 g/mol. The van der Waals surface area contributed by atoms with Crippen molar-refractivity contribution in [3.05, 3.63) is 93.8 Å². The van der Waals surface area contributed by atoms with Gasteiger partial charge >= 0.3 is 12.1 Å². The molecule has 184 valence electrons. The van der Waals surface area contributed by atoms with E-state index in [4.69, 9.17) is 27.2 Å². The van der Waals surface area contributed by atoms with Gasteiger partial charge in [-0.3, -0.25) is 4.79 Å². The fraction of sp³-hybridized carbons (Fsp3) is 0.231.